The fourth-order valence-corrected chi connectivity index (χ4v) is 3.07. The molecule has 0 aliphatic rings. The number of hydrogen-bond donors (Lipinski definition) is 1. The molecule has 1 heterocycles. The van der Waals surface area contributed by atoms with Crippen molar-refractivity contribution in [3.8, 4) is 0 Å². The fraction of sp³-hybridized carbons (Fsp3) is 0.471. The number of benzene rings is 1. The third-order valence-corrected chi connectivity index (χ3v) is 3.98. The molecule has 3 heteroatoms. The average molecular weight is 271 g/mol. The maximum Gasteiger partial charge on any atom is 0.0644 e. The molecule has 1 unspecified atom stereocenters. The van der Waals surface area contributed by atoms with Gasteiger partial charge in [0.05, 0.1) is 5.69 Å². The highest BCUT2D eigenvalue weighted by Gasteiger charge is 2.19. The summed E-state index contributed by atoms with van der Waals surface area (Å²) >= 11 is 0. The predicted octanol–water partition coefficient (Wildman–Crippen LogP) is 3.16. The predicted molar refractivity (Wildman–Crippen MR) is 84.1 cm³/mol. The number of nitrogens with one attached hydrogen (secondary N) is 1. The lowest BCUT2D eigenvalue weighted by Gasteiger charge is -2.18. The van der Waals surface area contributed by atoms with Gasteiger partial charge in [0, 0.05) is 24.3 Å². The Labute approximate surface area is 122 Å². The molecule has 0 bridgehead atoms. The highest BCUT2D eigenvalue weighted by molar-refractivity contribution is 5.33. The Balaban J connectivity index is 2.33. The van der Waals surface area contributed by atoms with Crippen LogP contribution in [0.2, 0.25) is 0 Å². The van der Waals surface area contributed by atoms with Gasteiger partial charge in [0.15, 0.2) is 0 Å². The zero-order valence-corrected chi connectivity index (χ0v) is 13.4. The van der Waals surface area contributed by atoms with Gasteiger partial charge in [0.25, 0.3) is 0 Å². The van der Waals surface area contributed by atoms with E-state index in [1.165, 1.54) is 27.9 Å². The molecule has 2 aromatic rings. The Bertz CT molecular complexity index is 591. The summed E-state index contributed by atoms with van der Waals surface area (Å²) < 4.78 is 1.97. The van der Waals surface area contributed by atoms with Crippen molar-refractivity contribution in [1.82, 2.24) is 15.1 Å². The molecule has 1 aromatic heterocycles. The molecule has 3 nitrogen and oxygen atoms in total. The Morgan fingerprint density at radius 3 is 2.15 bits per heavy atom. The summed E-state index contributed by atoms with van der Waals surface area (Å²) in [5.41, 5.74) is 7.72. The van der Waals surface area contributed by atoms with Crippen molar-refractivity contribution < 1.29 is 0 Å². The van der Waals surface area contributed by atoms with E-state index in [1.807, 2.05) is 18.8 Å². The van der Waals surface area contributed by atoms with Gasteiger partial charge in [-0.1, -0.05) is 29.3 Å². The van der Waals surface area contributed by atoms with Crippen molar-refractivity contribution in [2.24, 2.45) is 7.05 Å². The van der Waals surface area contributed by atoms with Gasteiger partial charge < -0.3 is 5.32 Å². The van der Waals surface area contributed by atoms with Gasteiger partial charge >= 0.3 is 0 Å². The lowest BCUT2D eigenvalue weighted by atomic mass is 9.95. The zero-order valence-electron chi connectivity index (χ0n) is 13.4. The lowest BCUT2D eigenvalue weighted by Crippen LogP contribution is -2.20. The smallest absolute Gasteiger partial charge is 0.0644 e. The van der Waals surface area contributed by atoms with Crippen molar-refractivity contribution in [1.29, 1.82) is 0 Å². The molecule has 1 aromatic carbocycles. The van der Waals surface area contributed by atoms with Crippen LogP contribution in [0.3, 0.4) is 0 Å². The number of likely N-dealkylation sites (N-methyl/N-ethyl adjacent to an activating group) is 1. The van der Waals surface area contributed by atoms with Gasteiger partial charge in [0.1, 0.15) is 0 Å². The standard InChI is InChI=1S/C17H25N3/c1-11-7-12(2)9-15(8-11)10-16(18-5)17-13(3)19-20(6)14(17)4/h7-9,16,18H,10H2,1-6H3. The number of rotatable bonds is 4. The quantitative estimate of drug-likeness (QED) is 0.925. The minimum Gasteiger partial charge on any atom is -0.313 e. The molecule has 0 radical (unpaired) electrons. The third-order valence-electron chi connectivity index (χ3n) is 3.98. The van der Waals surface area contributed by atoms with E-state index in [4.69, 9.17) is 0 Å². The van der Waals surface area contributed by atoms with Crippen molar-refractivity contribution in [2.45, 2.75) is 40.2 Å². The van der Waals surface area contributed by atoms with Gasteiger partial charge in [-0.2, -0.15) is 5.10 Å². The molecule has 2 rings (SSSR count). The van der Waals surface area contributed by atoms with Crippen molar-refractivity contribution in [3.05, 3.63) is 51.8 Å². The van der Waals surface area contributed by atoms with Crippen LogP contribution < -0.4 is 5.32 Å². The van der Waals surface area contributed by atoms with Crippen LogP contribution in [0.15, 0.2) is 18.2 Å². The first kappa shape index (κ1) is 14.8. The highest BCUT2D eigenvalue weighted by atomic mass is 15.3. The maximum atomic E-state index is 4.53. The van der Waals surface area contributed by atoms with Crippen LogP contribution >= 0.6 is 0 Å². The van der Waals surface area contributed by atoms with E-state index >= 15 is 0 Å². The van der Waals surface area contributed by atoms with E-state index in [1.54, 1.807) is 0 Å². The molecule has 0 amide bonds. The van der Waals surface area contributed by atoms with Crippen LogP contribution in [-0.4, -0.2) is 16.8 Å². The van der Waals surface area contributed by atoms with E-state index in [0.717, 1.165) is 12.1 Å². The molecule has 0 spiro atoms. The van der Waals surface area contributed by atoms with Gasteiger partial charge in [-0.25, -0.2) is 0 Å². The van der Waals surface area contributed by atoms with Crippen molar-refractivity contribution in [2.75, 3.05) is 7.05 Å². The SMILES string of the molecule is CNC(Cc1cc(C)cc(C)c1)c1c(C)nn(C)c1C. The van der Waals surface area contributed by atoms with Gasteiger partial charge in [-0.15, -0.1) is 0 Å². The lowest BCUT2D eigenvalue weighted by molar-refractivity contribution is 0.584. The number of nitrogens with zero attached hydrogens (tertiary/aromatic N) is 2. The van der Waals surface area contributed by atoms with Gasteiger partial charge in [-0.05, 0) is 46.7 Å². The molecule has 0 saturated heterocycles. The minimum atomic E-state index is 0.310. The van der Waals surface area contributed by atoms with Crippen LogP contribution in [0.25, 0.3) is 0 Å². The Kier molecular flexibility index (Phi) is 4.29. The molecular weight excluding hydrogens is 246 g/mol. The molecule has 1 atom stereocenters. The van der Waals surface area contributed by atoms with Crippen LogP contribution in [0, 0.1) is 27.7 Å². The monoisotopic (exact) mass is 271 g/mol. The Morgan fingerprint density at radius 1 is 1.10 bits per heavy atom. The summed E-state index contributed by atoms with van der Waals surface area (Å²) in [5.74, 6) is 0. The van der Waals surface area contributed by atoms with Gasteiger partial charge in [-0.3, -0.25) is 4.68 Å². The number of hydrogen-bond acceptors (Lipinski definition) is 2. The minimum absolute atomic E-state index is 0.310. The van der Waals surface area contributed by atoms with E-state index in [9.17, 15) is 0 Å². The van der Waals surface area contributed by atoms with Crippen LogP contribution in [0.5, 0.6) is 0 Å². The van der Waals surface area contributed by atoms with Crippen molar-refractivity contribution >= 4 is 0 Å². The summed E-state index contributed by atoms with van der Waals surface area (Å²) in [5, 5.41) is 7.98. The van der Waals surface area contributed by atoms with Gasteiger partial charge in [0.2, 0.25) is 0 Å². The molecule has 1 N–H and O–H groups in total. The third kappa shape index (κ3) is 2.93. The molecule has 108 valence electrons. The molecule has 20 heavy (non-hydrogen) atoms. The van der Waals surface area contributed by atoms with Crippen molar-refractivity contribution in [3.63, 3.8) is 0 Å². The van der Waals surface area contributed by atoms with Crippen LogP contribution in [0.4, 0.5) is 0 Å². The summed E-state index contributed by atoms with van der Waals surface area (Å²) in [6, 6.07) is 7.08. The van der Waals surface area contributed by atoms with Crippen LogP contribution in [0.1, 0.15) is 39.7 Å². The largest absolute Gasteiger partial charge is 0.313 e. The zero-order chi connectivity index (χ0) is 14.9. The normalized spacial score (nSPS) is 12.7. The summed E-state index contributed by atoms with van der Waals surface area (Å²) in [6.07, 6.45) is 0.992. The molecule has 0 saturated carbocycles. The summed E-state index contributed by atoms with van der Waals surface area (Å²) in [4.78, 5) is 0. The summed E-state index contributed by atoms with van der Waals surface area (Å²) in [7, 11) is 4.04. The van der Waals surface area contributed by atoms with Crippen LogP contribution in [-0.2, 0) is 13.5 Å². The number of aromatic nitrogens is 2. The van der Waals surface area contributed by atoms with E-state index in [-0.39, 0.29) is 0 Å². The average Bonchev–Trinajstić information content (AvgIpc) is 2.60. The second-order valence-electron chi connectivity index (χ2n) is 5.75. The summed E-state index contributed by atoms with van der Waals surface area (Å²) in [6.45, 7) is 8.55. The topological polar surface area (TPSA) is 29.9 Å². The Morgan fingerprint density at radius 2 is 1.70 bits per heavy atom. The molecule has 0 aliphatic heterocycles. The Hall–Kier alpha value is -1.61. The molecule has 0 aliphatic carbocycles. The second kappa shape index (κ2) is 5.80. The fourth-order valence-electron chi connectivity index (χ4n) is 3.07. The highest BCUT2D eigenvalue weighted by Crippen LogP contribution is 2.25. The number of aryl methyl sites for hydroxylation is 4. The molecular formula is C17H25N3. The first-order valence-electron chi connectivity index (χ1n) is 7.17. The van der Waals surface area contributed by atoms with E-state index in [0.29, 0.717) is 6.04 Å². The second-order valence-corrected chi connectivity index (χ2v) is 5.75. The van der Waals surface area contributed by atoms with E-state index < -0.39 is 0 Å². The van der Waals surface area contributed by atoms with E-state index in [2.05, 4.69) is 56.3 Å². The first-order chi connectivity index (χ1) is 9.42. The molecule has 0 fully saturated rings. The maximum absolute atomic E-state index is 4.53. The first-order valence-corrected chi connectivity index (χ1v) is 7.17.